The lowest BCUT2D eigenvalue weighted by Gasteiger charge is -2.22. The van der Waals surface area contributed by atoms with E-state index in [1.54, 1.807) is 4.90 Å². The first-order valence-corrected chi connectivity index (χ1v) is 8.36. The highest BCUT2D eigenvalue weighted by Gasteiger charge is 2.36. The van der Waals surface area contributed by atoms with Gasteiger partial charge in [-0.1, -0.05) is 6.92 Å². The van der Waals surface area contributed by atoms with E-state index in [4.69, 9.17) is 0 Å². The van der Waals surface area contributed by atoms with Crippen LogP contribution in [0.2, 0.25) is 0 Å². The Kier molecular flexibility index (Phi) is 5.12. The van der Waals surface area contributed by atoms with Crippen molar-refractivity contribution in [2.24, 2.45) is 13.0 Å². The van der Waals surface area contributed by atoms with E-state index in [9.17, 15) is 9.59 Å². The highest BCUT2D eigenvalue weighted by atomic mass is 16.2. The maximum absolute atomic E-state index is 12.6. The van der Waals surface area contributed by atoms with Gasteiger partial charge in [-0.25, -0.2) is 0 Å². The van der Waals surface area contributed by atoms with Crippen LogP contribution in [0.25, 0.3) is 0 Å². The summed E-state index contributed by atoms with van der Waals surface area (Å²) < 4.78 is 1.85. The summed E-state index contributed by atoms with van der Waals surface area (Å²) in [5.74, 6) is -0.214. The Hall–Kier alpha value is -1.85. The summed E-state index contributed by atoms with van der Waals surface area (Å²) in [4.78, 5) is 26.4. The van der Waals surface area contributed by atoms with Crippen LogP contribution in [0, 0.1) is 19.8 Å². The zero-order valence-corrected chi connectivity index (χ0v) is 15.0. The molecule has 0 radical (unpaired) electrons. The van der Waals surface area contributed by atoms with E-state index >= 15 is 0 Å². The van der Waals surface area contributed by atoms with Crippen LogP contribution in [-0.2, 0) is 16.6 Å². The van der Waals surface area contributed by atoms with Crippen molar-refractivity contribution in [1.82, 2.24) is 20.0 Å². The Labute approximate surface area is 138 Å². The number of nitrogens with one attached hydrogen (secondary N) is 1. The number of hydrogen-bond donors (Lipinski definition) is 1. The highest BCUT2D eigenvalue weighted by molar-refractivity contribution is 5.89. The van der Waals surface area contributed by atoms with E-state index in [-0.39, 0.29) is 29.8 Å². The van der Waals surface area contributed by atoms with Crippen LogP contribution < -0.4 is 5.32 Å². The number of aromatic nitrogens is 2. The fourth-order valence-electron chi connectivity index (χ4n) is 3.37. The fourth-order valence-corrected chi connectivity index (χ4v) is 3.37. The smallest absolute Gasteiger partial charge is 0.225 e. The first-order valence-electron chi connectivity index (χ1n) is 8.36. The van der Waals surface area contributed by atoms with Gasteiger partial charge in [-0.3, -0.25) is 14.3 Å². The topological polar surface area (TPSA) is 67.2 Å². The Morgan fingerprint density at radius 1 is 1.39 bits per heavy atom. The third-order valence-corrected chi connectivity index (χ3v) is 4.79. The summed E-state index contributed by atoms with van der Waals surface area (Å²) in [5, 5.41) is 7.56. The average Bonchev–Trinajstić information content (AvgIpc) is 2.98. The quantitative estimate of drug-likeness (QED) is 0.900. The number of carbonyl (C=O) groups is 2. The third kappa shape index (κ3) is 3.41. The molecule has 1 N–H and O–H groups in total. The van der Waals surface area contributed by atoms with Gasteiger partial charge in [0.05, 0.1) is 17.7 Å². The molecule has 0 spiro atoms. The predicted molar refractivity (Wildman–Crippen MR) is 88.8 cm³/mol. The van der Waals surface area contributed by atoms with Crippen molar-refractivity contribution < 1.29 is 9.59 Å². The maximum atomic E-state index is 12.6. The average molecular weight is 320 g/mol. The second kappa shape index (κ2) is 6.72. The summed E-state index contributed by atoms with van der Waals surface area (Å²) in [7, 11) is 1.91. The molecule has 1 saturated heterocycles. The number of likely N-dealkylation sites (tertiary alicyclic amines) is 1. The molecule has 2 heterocycles. The number of nitrogens with zero attached hydrogens (tertiary/aromatic N) is 3. The zero-order chi connectivity index (χ0) is 17.3. The van der Waals surface area contributed by atoms with Gasteiger partial charge in [0.2, 0.25) is 11.8 Å². The van der Waals surface area contributed by atoms with Crippen LogP contribution in [0.15, 0.2) is 0 Å². The minimum absolute atomic E-state index is 0.0315. The summed E-state index contributed by atoms with van der Waals surface area (Å²) >= 11 is 0. The van der Waals surface area contributed by atoms with Gasteiger partial charge >= 0.3 is 0 Å². The molecule has 2 atom stereocenters. The van der Waals surface area contributed by atoms with Gasteiger partial charge in [-0.05, 0) is 34.1 Å². The van der Waals surface area contributed by atoms with Crippen molar-refractivity contribution in [2.75, 3.05) is 6.54 Å². The van der Waals surface area contributed by atoms with Crippen molar-refractivity contribution in [3.8, 4) is 0 Å². The number of amides is 2. The van der Waals surface area contributed by atoms with Gasteiger partial charge in [-0.15, -0.1) is 0 Å². The van der Waals surface area contributed by atoms with Crippen molar-refractivity contribution in [3.05, 3.63) is 17.0 Å². The molecule has 128 valence electrons. The van der Waals surface area contributed by atoms with E-state index in [1.165, 1.54) is 0 Å². The molecule has 1 aliphatic heterocycles. The Morgan fingerprint density at radius 2 is 2.04 bits per heavy atom. The normalized spacial score (nSPS) is 19.5. The lowest BCUT2D eigenvalue weighted by atomic mass is 10.0. The lowest BCUT2D eigenvalue weighted by Crippen LogP contribution is -2.37. The molecule has 2 rings (SSSR count). The van der Waals surface area contributed by atoms with Gasteiger partial charge in [0.15, 0.2) is 0 Å². The van der Waals surface area contributed by atoms with Crippen LogP contribution >= 0.6 is 0 Å². The molecule has 1 fully saturated rings. The van der Waals surface area contributed by atoms with Crippen LogP contribution in [0.5, 0.6) is 0 Å². The Morgan fingerprint density at radius 3 is 2.48 bits per heavy atom. The fraction of sp³-hybridized carbons (Fsp3) is 0.706. The van der Waals surface area contributed by atoms with Crippen LogP contribution in [0.1, 0.15) is 56.6 Å². The molecule has 2 unspecified atom stereocenters. The van der Waals surface area contributed by atoms with E-state index in [2.05, 4.69) is 17.3 Å². The van der Waals surface area contributed by atoms with Gasteiger partial charge in [0.25, 0.3) is 0 Å². The number of hydrogen-bond acceptors (Lipinski definition) is 3. The summed E-state index contributed by atoms with van der Waals surface area (Å²) in [5.41, 5.74) is 3.11. The molecule has 6 heteroatoms. The number of carbonyl (C=O) groups excluding carboxylic acids is 2. The van der Waals surface area contributed by atoms with E-state index in [0.29, 0.717) is 13.0 Å². The molecule has 6 nitrogen and oxygen atoms in total. The number of rotatable bonds is 5. The number of aryl methyl sites for hydroxylation is 2. The molecule has 1 aliphatic rings. The van der Waals surface area contributed by atoms with E-state index in [1.807, 2.05) is 39.4 Å². The molecule has 0 saturated carbocycles. The van der Waals surface area contributed by atoms with Crippen molar-refractivity contribution in [1.29, 1.82) is 0 Å². The Balaban J connectivity index is 2.11. The first kappa shape index (κ1) is 17.5. The van der Waals surface area contributed by atoms with Crippen LogP contribution in [0.4, 0.5) is 0 Å². The SMILES string of the molecule is CCC(NC(=O)C1CC(=O)N(C(C)C)C1)c1c(C)nn(C)c1C. The molecular formula is C17H28N4O2. The van der Waals surface area contributed by atoms with E-state index < -0.39 is 0 Å². The highest BCUT2D eigenvalue weighted by Crippen LogP contribution is 2.26. The Bertz CT molecular complexity index is 606. The van der Waals surface area contributed by atoms with Gasteiger partial charge in [0.1, 0.15) is 0 Å². The maximum Gasteiger partial charge on any atom is 0.225 e. The monoisotopic (exact) mass is 320 g/mol. The van der Waals surface area contributed by atoms with Crippen LogP contribution in [0.3, 0.4) is 0 Å². The molecule has 0 aromatic carbocycles. The minimum atomic E-state index is -0.253. The molecule has 2 amide bonds. The predicted octanol–water partition coefficient (Wildman–Crippen LogP) is 1.86. The van der Waals surface area contributed by atoms with Crippen molar-refractivity contribution >= 4 is 11.8 Å². The van der Waals surface area contributed by atoms with Crippen molar-refractivity contribution in [2.45, 2.75) is 59.5 Å². The molecule has 1 aromatic heterocycles. The van der Waals surface area contributed by atoms with Crippen molar-refractivity contribution in [3.63, 3.8) is 0 Å². The zero-order valence-electron chi connectivity index (χ0n) is 15.0. The van der Waals surface area contributed by atoms with E-state index in [0.717, 1.165) is 23.4 Å². The first-order chi connectivity index (χ1) is 10.8. The summed E-state index contributed by atoms with van der Waals surface area (Å²) in [6.07, 6.45) is 1.11. The molecule has 0 bridgehead atoms. The second-order valence-electron chi connectivity index (χ2n) is 6.72. The van der Waals surface area contributed by atoms with Crippen LogP contribution in [-0.4, -0.2) is 39.1 Å². The van der Waals surface area contributed by atoms with Gasteiger partial charge < -0.3 is 10.2 Å². The molecule has 0 aliphatic carbocycles. The van der Waals surface area contributed by atoms with Gasteiger partial charge in [0, 0.05) is 37.3 Å². The molecule has 1 aromatic rings. The molecule has 23 heavy (non-hydrogen) atoms. The standard InChI is InChI=1S/C17H28N4O2/c1-7-14(16-11(4)19-20(6)12(16)5)18-17(23)13-8-15(22)21(9-13)10(2)3/h10,13-14H,7-9H2,1-6H3,(H,18,23). The third-order valence-electron chi connectivity index (χ3n) is 4.79. The van der Waals surface area contributed by atoms with Gasteiger partial charge in [-0.2, -0.15) is 5.10 Å². The molecular weight excluding hydrogens is 292 g/mol. The lowest BCUT2D eigenvalue weighted by molar-refractivity contribution is -0.130. The minimum Gasteiger partial charge on any atom is -0.349 e. The largest absolute Gasteiger partial charge is 0.349 e. The summed E-state index contributed by atoms with van der Waals surface area (Å²) in [6.45, 7) is 10.5. The summed E-state index contributed by atoms with van der Waals surface area (Å²) in [6, 6.07) is 0.0875. The second-order valence-corrected chi connectivity index (χ2v) is 6.72.